The van der Waals surface area contributed by atoms with E-state index in [1.165, 1.54) is 12.1 Å². The van der Waals surface area contributed by atoms with Crippen molar-refractivity contribution in [3.63, 3.8) is 0 Å². The number of alkyl halides is 4. The number of halogens is 4. The summed E-state index contributed by atoms with van der Waals surface area (Å²) < 4.78 is 46.8. The van der Waals surface area contributed by atoms with Gasteiger partial charge in [0.25, 0.3) is 0 Å². The van der Waals surface area contributed by atoms with Gasteiger partial charge in [0, 0.05) is 0 Å². The molecular weight excluding hydrogens is 329 g/mol. The molecule has 0 N–H and O–H groups in total. The van der Waals surface area contributed by atoms with E-state index in [-0.39, 0.29) is 17.9 Å². The Balaban J connectivity index is 2.76. The second kappa shape index (κ2) is 6.79. The number of benzene rings is 1. The summed E-state index contributed by atoms with van der Waals surface area (Å²) >= 11 is 2.48. The van der Waals surface area contributed by atoms with Crippen LogP contribution in [0.4, 0.5) is 13.2 Å². The molecule has 7 heteroatoms. The molecule has 0 aliphatic rings. The van der Waals surface area contributed by atoms with Crippen LogP contribution < -0.4 is 4.74 Å². The number of ether oxygens (including phenoxy) is 2. The molecule has 0 spiro atoms. The van der Waals surface area contributed by atoms with Crippen LogP contribution in [0.5, 0.6) is 5.75 Å². The summed E-state index contributed by atoms with van der Waals surface area (Å²) in [6.07, 6.45) is -4.40. The van der Waals surface area contributed by atoms with Gasteiger partial charge in [-0.25, -0.2) is 4.79 Å². The highest BCUT2D eigenvalue weighted by molar-refractivity contribution is 9.09. The van der Waals surface area contributed by atoms with Gasteiger partial charge in [-0.05, 0) is 19.1 Å². The van der Waals surface area contributed by atoms with Gasteiger partial charge in [-0.3, -0.25) is 0 Å². The largest absolute Gasteiger partial charge is 0.491 e. The SMILES string of the molecule is CCOC(=O)c1ccccc1OCC(Br)C(F)(F)F. The molecule has 1 aromatic carbocycles. The highest BCUT2D eigenvalue weighted by Crippen LogP contribution is 2.28. The minimum absolute atomic E-state index is 0.0645. The molecule has 1 aromatic rings. The molecule has 0 aliphatic heterocycles. The minimum atomic E-state index is -4.40. The van der Waals surface area contributed by atoms with Crippen LogP contribution in [0.1, 0.15) is 17.3 Å². The molecule has 1 unspecified atom stereocenters. The van der Waals surface area contributed by atoms with Gasteiger partial charge in [0.1, 0.15) is 22.7 Å². The monoisotopic (exact) mass is 340 g/mol. The van der Waals surface area contributed by atoms with Crippen LogP contribution in [-0.4, -0.2) is 30.2 Å². The van der Waals surface area contributed by atoms with Crippen molar-refractivity contribution in [1.29, 1.82) is 0 Å². The maximum atomic E-state index is 12.3. The van der Waals surface area contributed by atoms with Crippen molar-refractivity contribution < 1.29 is 27.4 Å². The van der Waals surface area contributed by atoms with Crippen LogP contribution in [0.15, 0.2) is 24.3 Å². The van der Waals surface area contributed by atoms with E-state index >= 15 is 0 Å². The summed E-state index contributed by atoms with van der Waals surface area (Å²) in [7, 11) is 0. The molecule has 1 atom stereocenters. The number of para-hydroxylation sites is 1. The Morgan fingerprint density at radius 1 is 1.37 bits per heavy atom. The highest BCUT2D eigenvalue weighted by Gasteiger charge is 2.38. The lowest BCUT2D eigenvalue weighted by atomic mass is 10.2. The van der Waals surface area contributed by atoms with Crippen LogP contribution in [-0.2, 0) is 4.74 Å². The lowest BCUT2D eigenvalue weighted by molar-refractivity contribution is -0.132. The van der Waals surface area contributed by atoms with E-state index in [9.17, 15) is 18.0 Å². The molecule has 19 heavy (non-hydrogen) atoms. The fraction of sp³-hybridized carbons (Fsp3) is 0.417. The second-order valence-electron chi connectivity index (χ2n) is 3.54. The number of carbonyl (C=O) groups excluding carboxylic acids is 1. The van der Waals surface area contributed by atoms with E-state index in [1.54, 1.807) is 19.1 Å². The maximum Gasteiger partial charge on any atom is 0.404 e. The van der Waals surface area contributed by atoms with Crippen molar-refractivity contribution >= 4 is 21.9 Å². The quantitative estimate of drug-likeness (QED) is 0.607. The molecule has 0 aromatic heterocycles. The first-order valence-corrected chi connectivity index (χ1v) is 6.37. The lowest BCUT2D eigenvalue weighted by Gasteiger charge is -2.16. The Morgan fingerprint density at radius 3 is 2.58 bits per heavy atom. The van der Waals surface area contributed by atoms with E-state index in [0.717, 1.165) is 0 Å². The van der Waals surface area contributed by atoms with E-state index in [1.807, 2.05) is 0 Å². The molecule has 0 heterocycles. The summed E-state index contributed by atoms with van der Waals surface area (Å²) in [5.41, 5.74) is 0.103. The van der Waals surface area contributed by atoms with Crippen LogP contribution >= 0.6 is 15.9 Å². The Kier molecular flexibility index (Phi) is 5.65. The molecule has 3 nitrogen and oxygen atoms in total. The van der Waals surface area contributed by atoms with E-state index in [2.05, 4.69) is 15.9 Å². The van der Waals surface area contributed by atoms with Crippen molar-refractivity contribution in [2.75, 3.05) is 13.2 Å². The molecule has 0 saturated heterocycles. The zero-order valence-corrected chi connectivity index (χ0v) is 11.6. The standard InChI is InChI=1S/C12H12BrF3O3/c1-2-18-11(17)8-5-3-4-6-9(8)19-7-10(13)12(14,15)16/h3-6,10H,2,7H2,1H3. The summed E-state index contributed by atoms with van der Waals surface area (Å²) in [6, 6.07) is 6.00. The molecule has 0 saturated carbocycles. The van der Waals surface area contributed by atoms with Crippen LogP contribution in [0.25, 0.3) is 0 Å². The van der Waals surface area contributed by atoms with E-state index in [4.69, 9.17) is 9.47 Å². The lowest BCUT2D eigenvalue weighted by Crippen LogP contribution is -2.29. The third kappa shape index (κ3) is 4.74. The van der Waals surface area contributed by atoms with Gasteiger partial charge in [0.05, 0.1) is 6.61 Å². The fourth-order valence-electron chi connectivity index (χ4n) is 1.23. The fourth-order valence-corrected chi connectivity index (χ4v) is 1.36. The molecular formula is C12H12BrF3O3. The Morgan fingerprint density at radius 2 is 2.00 bits per heavy atom. The highest BCUT2D eigenvalue weighted by atomic mass is 79.9. The molecule has 0 fully saturated rings. The van der Waals surface area contributed by atoms with E-state index in [0.29, 0.717) is 0 Å². The summed E-state index contributed by atoms with van der Waals surface area (Å²) in [5.74, 6) is -0.564. The molecule has 106 valence electrons. The van der Waals surface area contributed by atoms with Gasteiger partial charge in [-0.2, -0.15) is 13.2 Å². The maximum absolute atomic E-state index is 12.3. The number of hydrogen-bond acceptors (Lipinski definition) is 3. The summed E-state index contributed by atoms with van der Waals surface area (Å²) in [4.78, 5) is 9.77. The van der Waals surface area contributed by atoms with Crippen LogP contribution in [0.2, 0.25) is 0 Å². The first-order chi connectivity index (χ1) is 8.86. The van der Waals surface area contributed by atoms with Gasteiger partial charge in [-0.15, -0.1) is 0 Å². The van der Waals surface area contributed by atoms with Gasteiger partial charge in [0.15, 0.2) is 0 Å². The van der Waals surface area contributed by atoms with Crippen LogP contribution in [0.3, 0.4) is 0 Å². The number of carbonyl (C=O) groups is 1. The molecule has 0 amide bonds. The minimum Gasteiger partial charge on any atom is -0.491 e. The third-order valence-corrected chi connectivity index (χ3v) is 2.91. The Hall–Kier alpha value is -1.24. The van der Waals surface area contributed by atoms with Gasteiger partial charge >= 0.3 is 12.1 Å². The average molecular weight is 341 g/mol. The zero-order chi connectivity index (χ0) is 14.5. The Labute approximate surface area is 116 Å². The topological polar surface area (TPSA) is 35.5 Å². The number of hydrogen-bond donors (Lipinski definition) is 0. The normalized spacial score (nSPS) is 12.9. The van der Waals surface area contributed by atoms with Gasteiger partial charge in [-0.1, -0.05) is 28.1 Å². The van der Waals surface area contributed by atoms with Crippen molar-refractivity contribution in [1.82, 2.24) is 0 Å². The molecule has 0 aliphatic carbocycles. The van der Waals surface area contributed by atoms with Crippen molar-refractivity contribution in [2.45, 2.75) is 17.9 Å². The first-order valence-electron chi connectivity index (χ1n) is 5.46. The number of rotatable bonds is 5. The Bertz CT molecular complexity index is 434. The van der Waals surface area contributed by atoms with Gasteiger partial charge in [0.2, 0.25) is 0 Å². The summed E-state index contributed by atoms with van der Waals surface area (Å²) in [6.45, 7) is 1.19. The van der Waals surface area contributed by atoms with Crippen molar-refractivity contribution in [3.05, 3.63) is 29.8 Å². The van der Waals surface area contributed by atoms with Crippen LogP contribution in [0, 0.1) is 0 Å². The van der Waals surface area contributed by atoms with Crippen molar-refractivity contribution in [3.8, 4) is 5.75 Å². The molecule has 1 rings (SSSR count). The molecule has 0 radical (unpaired) electrons. The first kappa shape index (κ1) is 15.8. The predicted molar refractivity (Wildman–Crippen MR) is 66.7 cm³/mol. The number of esters is 1. The smallest absolute Gasteiger partial charge is 0.404 e. The predicted octanol–water partition coefficient (Wildman–Crippen LogP) is 3.57. The average Bonchev–Trinajstić information content (AvgIpc) is 2.35. The van der Waals surface area contributed by atoms with Gasteiger partial charge < -0.3 is 9.47 Å². The second-order valence-corrected chi connectivity index (χ2v) is 4.64. The van der Waals surface area contributed by atoms with Crippen molar-refractivity contribution in [2.24, 2.45) is 0 Å². The molecule has 0 bridgehead atoms. The zero-order valence-electron chi connectivity index (χ0n) is 10.0. The third-order valence-electron chi connectivity index (χ3n) is 2.12. The summed E-state index contributed by atoms with van der Waals surface area (Å²) in [5, 5.41) is 0. The van der Waals surface area contributed by atoms with E-state index < -0.39 is 23.6 Å².